The van der Waals surface area contributed by atoms with Crippen molar-refractivity contribution < 1.29 is 9.94 Å². The van der Waals surface area contributed by atoms with Crippen LogP contribution in [0.25, 0.3) is 0 Å². The number of amidine groups is 1. The highest BCUT2D eigenvalue weighted by Crippen LogP contribution is 2.49. The molecule has 0 atom stereocenters. The Bertz CT molecular complexity index is 267. The second-order valence-electron chi connectivity index (χ2n) is 5.69. The molecule has 0 aromatic rings. The van der Waals surface area contributed by atoms with Gasteiger partial charge in [0.25, 0.3) is 0 Å². The lowest BCUT2D eigenvalue weighted by molar-refractivity contribution is 0.0152. The molecule has 0 radical (unpaired) electrons. The zero-order valence-electron chi connectivity index (χ0n) is 10.5. The third-order valence-electron chi connectivity index (χ3n) is 4.07. The lowest BCUT2D eigenvalue weighted by Crippen LogP contribution is -2.24. The number of ether oxygens (including phenoxy) is 1. The van der Waals surface area contributed by atoms with E-state index < -0.39 is 0 Å². The van der Waals surface area contributed by atoms with Gasteiger partial charge in [-0.3, -0.25) is 0 Å². The molecule has 2 saturated carbocycles. The summed E-state index contributed by atoms with van der Waals surface area (Å²) in [6, 6.07) is 0. The van der Waals surface area contributed by atoms with Crippen LogP contribution in [-0.4, -0.2) is 23.8 Å². The third-order valence-corrected chi connectivity index (χ3v) is 4.07. The summed E-state index contributed by atoms with van der Waals surface area (Å²) < 4.78 is 6.04. The van der Waals surface area contributed by atoms with E-state index in [1.807, 2.05) is 0 Å². The molecule has 98 valence electrons. The van der Waals surface area contributed by atoms with Crippen molar-refractivity contribution in [1.82, 2.24) is 0 Å². The molecule has 0 aliphatic heterocycles. The fourth-order valence-electron chi connectivity index (χ4n) is 2.67. The number of nitrogens with two attached hydrogens (primary N) is 1. The van der Waals surface area contributed by atoms with Crippen LogP contribution < -0.4 is 5.73 Å². The van der Waals surface area contributed by atoms with Crippen LogP contribution in [0.4, 0.5) is 0 Å². The van der Waals surface area contributed by atoms with Crippen molar-refractivity contribution in [2.24, 2.45) is 16.3 Å². The zero-order valence-corrected chi connectivity index (χ0v) is 10.5. The van der Waals surface area contributed by atoms with Gasteiger partial charge in [-0.05, 0) is 25.7 Å². The molecule has 0 spiro atoms. The van der Waals surface area contributed by atoms with Crippen molar-refractivity contribution in [1.29, 1.82) is 0 Å². The Labute approximate surface area is 103 Å². The normalized spacial score (nSPS) is 25.5. The van der Waals surface area contributed by atoms with Gasteiger partial charge < -0.3 is 15.7 Å². The maximum absolute atomic E-state index is 8.60. The van der Waals surface area contributed by atoms with E-state index in [2.05, 4.69) is 5.16 Å². The van der Waals surface area contributed by atoms with Gasteiger partial charge in [0.15, 0.2) is 0 Å². The van der Waals surface area contributed by atoms with Gasteiger partial charge in [0, 0.05) is 11.8 Å². The summed E-state index contributed by atoms with van der Waals surface area (Å²) in [6.07, 6.45) is 11.2. The molecule has 0 saturated heterocycles. The number of rotatable bonds is 5. The van der Waals surface area contributed by atoms with Crippen molar-refractivity contribution in [2.45, 2.75) is 63.9 Å². The first-order valence-corrected chi connectivity index (χ1v) is 6.82. The van der Waals surface area contributed by atoms with Gasteiger partial charge in [-0.1, -0.05) is 30.8 Å². The lowest BCUT2D eigenvalue weighted by atomic mass is 10.0. The van der Waals surface area contributed by atoms with Crippen LogP contribution in [0.3, 0.4) is 0 Å². The largest absolute Gasteiger partial charge is 0.409 e. The molecule has 0 amide bonds. The third kappa shape index (κ3) is 3.87. The standard InChI is InChI=1S/C13H24N2O2/c14-12(15-16)9-13(7-8-13)10-17-11-5-3-1-2-4-6-11/h11,16H,1-10H2,(H2,14,15). The topological polar surface area (TPSA) is 67.8 Å². The molecule has 0 aromatic heterocycles. The highest BCUT2D eigenvalue weighted by atomic mass is 16.5. The number of hydrogen-bond donors (Lipinski definition) is 2. The fraction of sp³-hybridized carbons (Fsp3) is 0.923. The molecule has 0 unspecified atom stereocenters. The molecular formula is C13H24N2O2. The minimum absolute atomic E-state index is 0.183. The van der Waals surface area contributed by atoms with Gasteiger partial charge in [-0.2, -0.15) is 0 Å². The van der Waals surface area contributed by atoms with Gasteiger partial charge in [-0.15, -0.1) is 0 Å². The van der Waals surface area contributed by atoms with E-state index in [1.54, 1.807) is 0 Å². The van der Waals surface area contributed by atoms with Crippen molar-refractivity contribution in [3.63, 3.8) is 0 Å². The van der Waals surface area contributed by atoms with Crippen LogP contribution in [0.15, 0.2) is 5.16 Å². The highest BCUT2D eigenvalue weighted by Gasteiger charge is 2.44. The molecule has 4 heteroatoms. The first-order chi connectivity index (χ1) is 8.24. The monoisotopic (exact) mass is 240 g/mol. The minimum Gasteiger partial charge on any atom is -0.409 e. The predicted molar refractivity (Wildman–Crippen MR) is 67.1 cm³/mol. The molecule has 17 heavy (non-hydrogen) atoms. The predicted octanol–water partition coefficient (Wildman–Crippen LogP) is 2.64. The van der Waals surface area contributed by atoms with Crippen molar-refractivity contribution in [3.05, 3.63) is 0 Å². The minimum atomic E-state index is 0.183. The summed E-state index contributed by atoms with van der Waals surface area (Å²) in [5, 5.41) is 11.7. The van der Waals surface area contributed by atoms with Crippen molar-refractivity contribution in [2.75, 3.05) is 6.61 Å². The summed E-state index contributed by atoms with van der Waals surface area (Å²) in [5.74, 6) is 0.340. The summed E-state index contributed by atoms with van der Waals surface area (Å²) >= 11 is 0. The molecule has 2 aliphatic rings. The first kappa shape index (κ1) is 12.7. The SMILES string of the molecule is NC(CC1(COC2CCCCCC2)CC1)=NO. The van der Waals surface area contributed by atoms with Crippen LogP contribution in [0, 0.1) is 5.41 Å². The summed E-state index contributed by atoms with van der Waals surface area (Å²) in [5.41, 5.74) is 5.76. The van der Waals surface area contributed by atoms with Gasteiger partial charge in [0.05, 0.1) is 12.7 Å². The van der Waals surface area contributed by atoms with E-state index in [9.17, 15) is 0 Å². The molecule has 2 fully saturated rings. The smallest absolute Gasteiger partial charge is 0.139 e. The molecule has 0 bridgehead atoms. The molecule has 4 nitrogen and oxygen atoms in total. The van der Waals surface area contributed by atoms with E-state index in [-0.39, 0.29) is 5.41 Å². The van der Waals surface area contributed by atoms with Gasteiger partial charge >= 0.3 is 0 Å². The van der Waals surface area contributed by atoms with Gasteiger partial charge in [-0.25, -0.2) is 0 Å². The van der Waals surface area contributed by atoms with E-state index >= 15 is 0 Å². The molecule has 0 aromatic carbocycles. The van der Waals surface area contributed by atoms with E-state index in [0.717, 1.165) is 19.4 Å². The fourth-order valence-corrected chi connectivity index (χ4v) is 2.67. The Balaban J connectivity index is 1.73. The van der Waals surface area contributed by atoms with Crippen LogP contribution >= 0.6 is 0 Å². The molecule has 2 rings (SSSR count). The Morgan fingerprint density at radius 2 is 1.88 bits per heavy atom. The number of hydrogen-bond acceptors (Lipinski definition) is 3. The average Bonchev–Trinajstić information content (AvgIpc) is 3.11. The molecule has 2 aliphatic carbocycles. The Morgan fingerprint density at radius 1 is 1.24 bits per heavy atom. The summed E-state index contributed by atoms with van der Waals surface area (Å²) in [7, 11) is 0. The molecular weight excluding hydrogens is 216 g/mol. The Hall–Kier alpha value is -0.770. The lowest BCUT2D eigenvalue weighted by Gasteiger charge is -2.20. The Morgan fingerprint density at radius 3 is 2.41 bits per heavy atom. The van der Waals surface area contributed by atoms with Crippen LogP contribution in [0.1, 0.15) is 57.8 Å². The first-order valence-electron chi connectivity index (χ1n) is 6.82. The second-order valence-corrected chi connectivity index (χ2v) is 5.69. The Kier molecular flexibility index (Phi) is 4.26. The summed E-state index contributed by atoms with van der Waals surface area (Å²) in [4.78, 5) is 0. The summed E-state index contributed by atoms with van der Waals surface area (Å²) in [6.45, 7) is 0.786. The average molecular weight is 240 g/mol. The van der Waals surface area contributed by atoms with Gasteiger partial charge in [0.2, 0.25) is 0 Å². The quantitative estimate of drug-likeness (QED) is 0.255. The zero-order chi connectivity index (χ0) is 12.1. The maximum Gasteiger partial charge on any atom is 0.139 e. The maximum atomic E-state index is 8.60. The van der Waals surface area contributed by atoms with Crippen LogP contribution in [0.5, 0.6) is 0 Å². The number of nitrogens with zero attached hydrogens (tertiary/aromatic N) is 1. The highest BCUT2D eigenvalue weighted by molar-refractivity contribution is 5.80. The van der Waals surface area contributed by atoms with Crippen molar-refractivity contribution in [3.8, 4) is 0 Å². The molecule has 0 heterocycles. The molecule has 3 N–H and O–H groups in total. The number of oxime groups is 1. The van der Waals surface area contributed by atoms with E-state index in [1.165, 1.54) is 38.5 Å². The van der Waals surface area contributed by atoms with Crippen LogP contribution in [0.2, 0.25) is 0 Å². The van der Waals surface area contributed by atoms with Crippen LogP contribution in [-0.2, 0) is 4.74 Å². The van der Waals surface area contributed by atoms with E-state index in [4.69, 9.17) is 15.7 Å². The van der Waals surface area contributed by atoms with Crippen molar-refractivity contribution >= 4 is 5.84 Å². The van der Waals surface area contributed by atoms with E-state index in [0.29, 0.717) is 18.4 Å². The van der Waals surface area contributed by atoms with Gasteiger partial charge in [0.1, 0.15) is 5.84 Å². The second kappa shape index (κ2) is 5.71.